The van der Waals surface area contributed by atoms with Gasteiger partial charge in [0.05, 0.1) is 32.5 Å². The number of phenols is 2. The number of aliphatic hydroxyl groups is 5. The highest BCUT2D eigenvalue weighted by Gasteiger charge is 2.48. The Morgan fingerprint density at radius 3 is 1.98 bits per heavy atom. The predicted molar refractivity (Wildman–Crippen MR) is 147 cm³/mol. The molecule has 14 nitrogen and oxygen atoms in total. The molecule has 230 valence electrons. The summed E-state index contributed by atoms with van der Waals surface area (Å²) >= 11 is 0. The number of ether oxygens (including phenoxy) is 4. The van der Waals surface area contributed by atoms with E-state index >= 15 is 0 Å². The average Bonchev–Trinajstić information content (AvgIpc) is 2.96. The van der Waals surface area contributed by atoms with Crippen molar-refractivity contribution in [1.29, 1.82) is 0 Å². The molecule has 42 heavy (non-hydrogen) atoms. The van der Waals surface area contributed by atoms with Crippen molar-refractivity contribution in [3.63, 3.8) is 0 Å². The van der Waals surface area contributed by atoms with E-state index in [-0.39, 0.29) is 24.6 Å². The monoisotopic (exact) mass is 592 g/mol. The largest absolute Gasteiger partial charge is 0.508 e. The van der Waals surface area contributed by atoms with Crippen LogP contribution in [0.5, 0.6) is 11.5 Å². The number of carbonyl (C=O) groups excluding carboxylic acids is 1. The molecule has 0 aromatic heterocycles. The number of benzene rings is 2. The molecule has 0 aliphatic carbocycles. The van der Waals surface area contributed by atoms with Gasteiger partial charge in [0, 0.05) is 13.1 Å². The lowest BCUT2D eigenvalue weighted by Gasteiger charge is -2.42. The van der Waals surface area contributed by atoms with E-state index in [2.05, 4.69) is 9.98 Å². The van der Waals surface area contributed by atoms with Gasteiger partial charge in [-0.1, -0.05) is 24.3 Å². The fourth-order valence-corrected chi connectivity index (χ4v) is 4.02. The van der Waals surface area contributed by atoms with Gasteiger partial charge < -0.3 is 54.7 Å². The van der Waals surface area contributed by atoms with Crippen LogP contribution in [0.3, 0.4) is 0 Å². The van der Waals surface area contributed by atoms with Crippen molar-refractivity contribution in [3.05, 3.63) is 59.7 Å². The first-order valence-electron chi connectivity index (χ1n) is 13.1. The summed E-state index contributed by atoms with van der Waals surface area (Å²) in [5.41, 5.74) is 1.47. The fraction of sp³-hybridized carbons (Fsp3) is 0.464. The normalized spacial score (nSPS) is 25.0. The van der Waals surface area contributed by atoms with Crippen LogP contribution in [0, 0.1) is 0 Å². The van der Waals surface area contributed by atoms with Gasteiger partial charge in [-0.3, -0.25) is 14.8 Å². The zero-order valence-electron chi connectivity index (χ0n) is 22.8. The number of aliphatic hydroxyl groups excluding tert-OH is 5. The minimum absolute atomic E-state index is 0.0742. The van der Waals surface area contributed by atoms with Crippen molar-refractivity contribution in [3.8, 4) is 11.5 Å². The van der Waals surface area contributed by atoms with E-state index in [4.69, 9.17) is 18.9 Å². The van der Waals surface area contributed by atoms with Gasteiger partial charge >= 0.3 is 5.97 Å². The van der Waals surface area contributed by atoms with Crippen LogP contribution >= 0.6 is 0 Å². The van der Waals surface area contributed by atoms with Crippen LogP contribution in [0.25, 0.3) is 0 Å². The number of aliphatic imine (C=N–C) groups is 2. The van der Waals surface area contributed by atoms with Crippen molar-refractivity contribution in [2.45, 2.75) is 69.2 Å². The maximum Gasteiger partial charge on any atom is 0.303 e. The Kier molecular flexibility index (Phi) is 12.8. The van der Waals surface area contributed by atoms with E-state index in [0.29, 0.717) is 0 Å². The quantitative estimate of drug-likeness (QED) is 0.0830. The standard InChI is InChI=1S/C28H36N2O12/c1-16(33)39-27-25(37)23(15-32)42-28(26(27)38)41-21(12-29-10-17-2-6-19(34)7-3-17)22(14-31)40-24(36)13-30-11-18-4-8-20(35)9-5-18/h2-9,12-13,21-28,31-32,34-38H,10-11,14-15H2,1H3. The van der Waals surface area contributed by atoms with Crippen LogP contribution in [-0.4, -0.2) is 117 Å². The van der Waals surface area contributed by atoms with Crippen LogP contribution in [0.2, 0.25) is 0 Å². The van der Waals surface area contributed by atoms with Gasteiger partial charge in [-0.15, -0.1) is 0 Å². The molecular formula is C28H36N2O12. The molecule has 0 amide bonds. The Hall–Kier alpha value is -3.47. The lowest BCUT2D eigenvalue weighted by atomic mass is 9.99. The van der Waals surface area contributed by atoms with Gasteiger partial charge in [-0.25, -0.2) is 0 Å². The lowest BCUT2D eigenvalue weighted by Crippen LogP contribution is -2.61. The first kappa shape index (κ1) is 33.0. The summed E-state index contributed by atoms with van der Waals surface area (Å²) in [7, 11) is 0. The summed E-state index contributed by atoms with van der Waals surface area (Å²) in [6.45, 7) is -0.0138. The second-order valence-electron chi connectivity index (χ2n) is 9.44. The van der Waals surface area contributed by atoms with Crippen LogP contribution < -0.4 is 0 Å². The van der Waals surface area contributed by atoms with Crippen molar-refractivity contribution < 1.29 is 59.5 Å². The highest BCUT2D eigenvalue weighted by Crippen LogP contribution is 2.26. The molecule has 0 spiro atoms. The van der Waals surface area contributed by atoms with Gasteiger partial charge in [-0.2, -0.15) is 0 Å². The molecule has 2 aromatic rings. The Morgan fingerprint density at radius 2 is 1.48 bits per heavy atom. The number of rotatable bonds is 14. The molecule has 0 radical (unpaired) electrons. The van der Waals surface area contributed by atoms with E-state index in [1.54, 1.807) is 24.3 Å². The van der Waals surface area contributed by atoms with Crippen molar-refractivity contribution in [2.75, 3.05) is 13.2 Å². The third-order valence-corrected chi connectivity index (χ3v) is 6.18. The number of nitrogens with zero attached hydrogens (tertiary/aromatic N) is 2. The van der Waals surface area contributed by atoms with E-state index in [9.17, 15) is 40.5 Å². The van der Waals surface area contributed by atoms with Crippen molar-refractivity contribution >= 4 is 18.4 Å². The van der Waals surface area contributed by atoms with E-state index < -0.39 is 68.4 Å². The summed E-state index contributed by atoms with van der Waals surface area (Å²) in [6, 6.07) is 12.5. The maximum absolute atomic E-state index is 11.6. The van der Waals surface area contributed by atoms with Gasteiger partial charge in [0.1, 0.15) is 42.0 Å². The highest BCUT2D eigenvalue weighted by molar-refractivity contribution is 5.66. The number of carbonyl (C=O) groups is 1. The van der Waals surface area contributed by atoms with E-state index in [1.807, 2.05) is 0 Å². The van der Waals surface area contributed by atoms with Gasteiger partial charge in [-0.05, 0) is 35.4 Å². The summed E-state index contributed by atoms with van der Waals surface area (Å²) in [4.78, 5) is 19.9. The molecule has 1 fully saturated rings. The average molecular weight is 593 g/mol. The predicted octanol–water partition coefficient (Wildman–Crippen LogP) is -0.609. The molecule has 1 saturated heterocycles. The molecule has 2 aromatic carbocycles. The smallest absolute Gasteiger partial charge is 0.303 e. The maximum atomic E-state index is 11.6. The second kappa shape index (κ2) is 16.2. The summed E-state index contributed by atoms with van der Waals surface area (Å²) in [5.74, 6) is -0.625. The zero-order chi connectivity index (χ0) is 30.6. The summed E-state index contributed by atoms with van der Waals surface area (Å²) in [6.07, 6.45) is -9.46. The Labute approximate surface area is 241 Å². The molecule has 1 heterocycles. The first-order valence-corrected chi connectivity index (χ1v) is 13.1. The molecule has 0 saturated carbocycles. The third-order valence-electron chi connectivity index (χ3n) is 6.18. The van der Waals surface area contributed by atoms with Crippen LogP contribution in [0.1, 0.15) is 18.1 Å². The zero-order valence-corrected chi connectivity index (χ0v) is 22.8. The molecule has 14 heteroatoms. The van der Waals surface area contributed by atoms with E-state index in [0.717, 1.165) is 24.3 Å². The summed E-state index contributed by atoms with van der Waals surface area (Å²) in [5, 5.41) is 70.2. The Balaban J connectivity index is 1.77. The second-order valence-corrected chi connectivity index (χ2v) is 9.44. The SMILES string of the molecule is CC(=O)OC1C(O)C(CO)OC(OC(C=NCc2ccc(O)cc2)C(CO)OC(O)C=NCc2ccc(O)cc2)C1O. The number of hydrogen-bond donors (Lipinski definition) is 7. The molecule has 7 N–H and O–H groups in total. The molecule has 1 aliphatic heterocycles. The fourth-order valence-electron chi connectivity index (χ4n) is 4.02. The number of hydrogen-bond acceptors (Lipinski definition) is 14. The van der Waals surface area contributed by atoms with Gasteiger partial charge in [0.2, 0.25) is 0 Å². The molecule has 1 aliphatic rings. The van der Waals surface area contributed by atoms with Gasteiger partial charge in [0.15, 0.2) is 18.7 Å². The van der Waals surface area contributed by atoms with Crippen molar-refractivity contribution in [2.24, 2.45) is 9.98 Å². The Morgan fingerprint density at radius 1 is 0.929 bits per heavy atom. The third kappa shape index (κ3) is 9.82. The topological polar surface area (TPSA) is 220 Å². The van der Waals surface area contributed by atoms with Gasteiger partial charge in [0.25, 0.3) is 0 Å². The molecule has 3 rings (SSSR count). The van der Waals surface area contributed by atoms with Crippen LogP contribution in [0.15, 0.2) is 58.5 Å². The molecule has 8 unspecified atom stereocenters. The number of phenolic OH excluding ortho intramolecular Hbond substituents is 2. The molecule has 8 atom stereocenters. The summed E-state index contributed by atoms with van der Waals surface area (Å²) < 4.78 is 21.9. The lowest BCUT2D eigenvalue weighted by molar-refractivity contribution is -0.315. The Bertz CT molecular complexity index is 1160. The van der Waals surface area contributed by atoms with Crippen molar-refractivity contribution in [1.82, 2.24) is 0 Å². The van der Waals surface area contributed by atoms with E-state index in [1.165, 1.54) is 30.5 Å². The number of aromatic hydroxyl groups is 2. The molecular weight excluding hydrogens is 556 g/mol. The number of esters is 1. The molecule has 0 bridgehead atoms. The highest BCUT2D eigenvalue weighted by atomic mass is 16.7. The first-order chi connectivity index (χ1) is 20.1. The minimum Gasteiger partial charge on any atom is -0.508 e. The minimum atomic E-state index is -1.71. The van der Waals surface area contributed by atoms with Crippen LogP contribution in [-0.2, 0) is 36.8 Å². The van der Waals surface area contributed by atoms with Crippen LogP contribution in [0.4, 0.5) is 0 Å².